The van der Waals surface area contributed by atoms with Crippen molar-refractivity contribution in [2.75, 3.05) is 54.6 Å². The molecule has 15 heteroatoms. The number of ether oxygens (including phenoxy) is 1. The van der Waals surface area contributed by atoms with Gasteiger partial charge in [0.1, 0.15) is 11.4 Å². The first-order valence-corrected chi connectivity index (χ1v) is 23.6. The van der Waals surface area contributed by atoms with Crippen LogP contribution in [-0.2, 0) is 0 Å². The van der Waals surface area contributed by atoms with Gasteiger partial charge >= 0.3 is 0 Å². The van der Waals surface area contributed by atoms with E-state index in [0.29, 0.717) is 57.8 Å². The van der Waals surface area contributed by atoms with Gasteiger partial charge in [-0.1, -0.05) is 68.9 Å². The van der Waals surface area contributed by atoms with Gasteiger partial charge in [-0.15, -0.1) is 5.11 Å². The van der Waals surface area contributed by atoms with Gasteiger partial charge in [-0.2, -0.15) is 20.1 Å². The van der Waals surface area contributed by atoms with Crippen LogP contribution >= 0.6 is 0 Å². The lowest BCUT2D eigenvalue weighted by atomic mass is 9.95. The molecule has 0 radical (unpaired) electrons. The van der Waals surface area contributed by atoms with Crippen molar-refractivity contribution in [3.05, 3.63) is 96.6 Å². The highest BCUT2D eigenvalue weighted by Gasteiger charge is 2.22. The van der Waals surface area contributed by atoms with E-state index in [0.717, 1.165) is 66.5 Å². The number of aromatic nitrogens is 4. The number of benzene rings is 5. The number of rotatable bonds is 19. The third kappa shape index (κ3) is 11.0. The number of nitrogens with one attached hydrogen (secondary N) is 7. The Morgan fingerprint density at radius 2 is 1.32 bits per heavy atom. The number of H-pyrrole nitrogens is 1. The predicted octanol–water partition coefficient (Wildman–Crippen LogP) is 11.2. The number of carbonyl (C=O) groups is 1. The largest absolute Gasteiger partial charge is 0.505 e. The number of fused-ring (bicyclic) bond motifs is 5. The second-order valence-corrected chi connectivity index (χ2v) is 17.4. The highest BCUT2D eigenvalue weighted by molar-refractivity contribution is 6.22. The van der Waals surface area contributed by atoms with Gasteiger partial charge in [-0.25, -0.2) is 0 Å². The molecule has 2 fully saturated rings. The summed E-state index contributed by atoms with van der Waals surface area (Å²) in [5, 5.41) is 45.0. The van der Waals surface area contributed by atoms with Gasteiger partial charge in [0.2, 0.25) is 17.8 Å². The van der Waals surface area contributed by atoms with E-state index in [-0.39, 0.29) is 17.0 Å². The maximum Gasteiger partial charge on any atom is 0.259 e. The molecule has 2 saturated carbocycles. The van der Waals surface area contributed by atoms with Crippen LogP contribution in [0.25, 0.3) is 32.6 Å². The summed E-state index contributed by atoms with van der Waals surface area (Å²) in [6.07, 6.45) is 14.9. The number of methoxy groups -OCH3 is 1. The fourth-order valence-electron chi connectivity index (χ4n) is 9.16. The molecule has 342 valence electrons. The molecule has 7 aromatic rings. The maximum atomic E-state index is 13.7. The molecule has 15 nitrogen and oxygen atoms in total. The van der Waals surface area contributed by atoms with Crippen molar-refractivity contribution >= 4 is 79.1 Å². The number of aromatic hydroxyl groups is 1. The third-order valence-corrected chi connectivity index (χ3v) is 12.7. The number of hydrogen-bond acceptors (Lipinski definition) is 13. The van der Waals surface area contributed by atoms with Gasteiger partial charge in [0.15, 0.2) is 5.75 Å². The Labute approximate surface area is 385 Å². The first-order valence-electron chi connectivity index (χ1n) is 23.6. The smallest absolute Gasteiger partial charge is 0.259 e. The van der Waals surface area contributed by atoms with Crippen molar-refractivity contribution in [1.29, 1.82) is 0 Å². The van der Waals surface area contributed by atoms with Crippen LogP contribution in [0.4, 0.5) is 40.6 Å². The average molecular weight is 889 g/mol. The Balaban J connectivity index is 0.928. The summed E-state index contributed by atoms with van der Waals surface area (Å²) in [6, 6.07) is 29.3. The van der Waals surface area contributed by atoms with Gasteiger partial charge < -0.3 is 46.7 Å². The summed E-state index contributed by atoms with van der Waals surface area (Å²) >= 11 is 0. The lowest BCUT2D eigenvalue weighted by Crippen LogP contribution is -2.32. The van der Waals surface area contributed by atoms with Crippen molar-refractivity contribution < 1.29 is 14.6 Å². The van der Waals surface area contributed by atoms with Crippen LogP contribution in [0.15, 0.2) is 101 Å². The molecule has 0 aliphatic heterocycles. The van der Waals surface area contributed by atoms with Crippen LogP contribution in [0, 0.1) is 0 Å². The van der Waals surface area contributed by atoms with Crippen LogP contribution < -0.4 is 36.6 Å². The average Bonchev–Trinajstić information content (AvgIpc) is 3.74. The Bertz CT molecular complexity index is 2720. The molecule has 5 aromatic carbocycles. The number of phenols is 1. The normalized spacial score (nSPS) is 14.9. The molecule has 66 heavy (non-hydrogen) atoms. The van der Waals surface area contributed by atoms with Crippen LogP contribution in [0.3, 0.4) is 0 Å². The molecular formula is C51H60N12O3. The predicted molar refractivity (Wildman–Crippen MR) is 266 cm³/mol. The molecule has 2 aromatic heterocycles. The van der Waals surface area contributed by atoms with Crippen molar-refractivity contribution in [2.24, 2.45) is 10.2 Å². The molecule has 8 N–H and O–H groups in total. The SMILES string of the molecule is COc1ccc(NC(=O)c2cc3ccc4c5ccccc5[nH]c4c3c(N=Nc3ccc(Nc4nc(NCCCNC5CCCCC5)nc(NCCCNC5CCCCC5)n4)cc3)c2O)cc1. The zero-order valence-electron chi connectivity index (χ0n) is 37.6. The zero-order chi connectivity index (χ0) is 45.1. The van der Waals surface area contributed by atoms with Crippen molar-refractivity contribution in [3.8, 4) is 11.5 Å². The minimum atomic E-state index is -0.489. The Hall–Kier alpha value is -6.84. The lowest BCUT2D eigenvalue weighted by Gasteiger charge is -2.22. The monoisotopic (exact) mass is 888 g/mol. The topological polar surface area (TPSA) is 198 Å². The standard InChI is InChI=1S/C51H60N12O3/c1-66-39-25-23-36(24-26-39)56-48(65)42-32-33-18-27-41-40-16-8-9-17-43(40)58-45(41)44(33)46(47(42)64)63-62-38-21-19-37(20-22-38)57-51-60-49(54-30-10-28-52-34-12-4-2-5-13-34)59-50(61-51)55-31-11-29-53-35-14-6-3-7-15-35/h8-9,16-27,32,34-35,52-53,58,64H,2-7,10-15,28-31H2,1H3,(H,56,65)(H3,54,55,57,59,60,61). The highest BCUT2D eigenvalue weighted by Crippen LogP contribution is 2.44. The quantitative estimate of drug-likeness (QED) is 0.0284. The summed E-state index contributed by atoms with van der Waals surface area (Å²) in [4.78, 5) is 31.4. The molecule has 9 rings (SSSR count). The molecule has 0 saturated heterocycles. The zero-order valence-corrected chi connectivity index (χ0v) is 37.6. The van der Waals surface area contributed by atoms with E-state index in [2.05, 4.69) is 47.1 Å². The number of amides is 1. The van der Waals surface area contributed by atoms with Crippen LogP contribution in [-0.4, -0.2) is 76.3 Å². The summed E-state index contributed by atoms with van der Waals surface area (Å²) in [5.74, 6) is 1.32. The van der Waals surface area contributed by atoms with E-state index in [1.54, 1.807) is 37.4 Å². The van der Waals surface area contributed by atoms with E-state index < -0.39 is 5.91 Å². The Kier molecular flexibility index (Phi) is 14.4. The first kappa shape index (κ1) is 44.4. The summed E-state index contributed by atoms with van der Waals surface area (Å²) in [5.41, 5.74) is 3.80. The van der Waals surface area contributed by atoms with Crippen molar-refractivity contribution in [2.45, 2.75) is 89.1 Å². The van der Waals surface area contributed by atoms with Gasteiger partial charge in [0.25, 0.3) is 5.91 Å². The number of hydrogen-bond donors (Lipinski definition) is 8. The van der Waals surface area contributed by atoms with E-state index in [1.807, 2.05) is 60.7 Å². The van der Waals surface area contributed by atoms with E-state index >= 15 is 0 Å². The molecule has 0 unspecified atom stereocenters. The molecular weight excluding hydrogens is 829 g/mol. The second kappa shape index (κ2) is 21.4. The molecule has 2 aliphatic carbocycles. The summed E-state index contributed by atoms with van der Waals surface area (Å²) in [7, 11) is 1.58. The number of anilines is 5. The number of para-hydroxylation sites is 1. The van der Waals surface area contributed by atoms with Crippen LogP contribution in [0.5, 0.6) is 11.5 Å². The Morgan fingerprint density at radius 1 is 0.697 bits per heavy atom. The second-order valence-electron chi connectivity index (χ2n) is 17.4. The molecule has 0 spiro atoms. The number of aromatic amines is 1. The minimum Gasteiger partial charge on any atom is -0.505 e. The van der Waals surface area contributed by atoms with Gasteiger partial charge in [-0.3, -0.25) is 4.79 Å². The first-order chi connectivity index (χ1) is 32.5. The van der Waals surface area contributed by atoms with Crippen molar-refractivity contribution in [3.63, 3.8) is 0 Å². The molecule has 1 amide bonds. The fraction of sp³-hybridized carbons (Fsp3) is 0.373. The minimum absolute atomic E-state index is 0.0644. The molecule has 0 atom stereocenters. The lowest BCUT2D eigenvalue weighted by molar-refractivity contribution is 0.102. The maximum absolute atomic E-state index is 13.7. The van der Waals surface area contributed by atoms with Crippen molar-refractivity contribution in [1.82, 2.24) is 30.6 Å². The fourth-order valence-corrected chi connectivity index (χ4v) is 9.16. The van der Waals surface area contributed by atoms with E-state index in [9.17, 15) is 9.90 Å². The number of phenolic OH excluding ortho intramolecular Hbond substituents is 1. The van der Waals surface area contributed by atoms with Gasteiger partial charge in [0.05, 0.1) is 23.9 Å². The number of carbonyl (C=O) groups excluding carboxylic acids is 1. The Morgan fingerprint density at radius 3 is 1.97 bits per heavy atom. The van der Waals surface area contributed by atoms with Gasteiger partial charge in [-0.05, 0) is 118 Å². The molecule has 2 aliphatic rings. The molecule has 0 bridgehead atoms. The van der Waals surface area contributed by atoms with Crippen LogP contribution in [0.1, 0.15) is 87.4 Å². The number of azo groups is 1. The highest BCUT2D eigenvalue weighted by atomic mass is 16.5. The van der Waals surface area contributed by atoms with Crippen LogP contribution in [0.2, 0.25) is 0 Å². The van der Waals surface area contributed by atoms with E-state index in [1.165, 1.54) is 64.2 Å². The summed E-state index contributed by atoms with van der Waals surface area (Å²) in [6.45, 7) is 3.37. The number of nitrogens with zero attached hydrogens (tertiary/aromatic N) is 5. The molecule has 2 heterocycles. The summed E-state index contributed by atoms with van der Waals surface area (Å²) < 4.78 is 5.27. The third-order valence-electron chi connectivity index (χ3n) is 12.7. The van der Waals surface area contributed by atoms with Gasteiger partial charge in [0, 0.05) is 58.2 Å². The van der Waals surface area contributed by atoms with E-state index in [4.69, 9.17) is 19.7 Å².